The van der Waals surface area contributed by atoms with Crippen LogP contribution in [0.5, 0.6) is 0 Å². The summed E-state index contributed by atoms with van der Waals surface area (Å²) in [7, 11) is -2.44. The lowest BCUT2D eigenvalue weighted by Gasteiger charge is -2.36. The van der Waals surface area contributed by atoms with E-state index in [9.17, 15) is 0 Å². The Hall–Kier alpha value is 0.571. The lowest BCUT2D eigenvalue weighted by Crippen LogP contribution is -2.51. The number of morpholine rings is 1. The molecule has 0 bridgehead atoms. The van der Waals surface area contributed by atoms with Crippen LogP contribution in [0.3, 0.4) is 0 Å². The van der Waals surface area contributed by atoms with Gasteiger partial charge >= 0.3 is 0 Å². The van der Waals surface area contributed by atoms with Gasteiger partial charge in [-0.3, -0.25) is 0 Å². The number of ether oxygens (including phenoxy) is 1. The summed E-state index contributed by atoms with van der Waals surface area (Å²) in [6.07, 6.45) is 0. The van der Waals surface area contributed by atoms with Crippen molar-refractivity contribution in [1.29, 1.82) is 0 Å². The second-order valence-corrected chi connectivity index (χ2v) is 31.2. The molecular formula is C13H35NOSi3. The molecule has 0 atom stereocenters. The fourth-order valence-corrected chi connectivity index (χ4v) is 2.76. The van der Waals surface area contributed by atoms with Gasteiger partial charge in [0, 0.05) is 28.3 Å². The summed E-state index contributed by atoms with van der Waals surface area (Å²) in [4.78, 5) is 0. The Morgan fingerprint density at radius 1 is 0.667 bits per heavy atom. The Bertz CT molecular complexity index is 220. The maximum Gasteiger partial charge on any atom is 0.119 e. The van der Waals surface area contributed by atoms with Crippen LogP contribution >= 0.6 is 0 Å². The minimum atomic E-state index is -1.00. The maximum absolute atomic E-state index is 5.28. The molecule has 1 saturated heterocycles. The summed E-state index contributed by atoms with van der Waals surface area (Å²) in [6.45, 7) is 26.2. The van der Waals surface area contributed by atoms with Crippen LogP contribution in [-0.4, -0.2) is 54.3 Å². The first-order valence-corrected chi connectivity index (χ1v) is 18.6. The zero-order chi connectivity index (χ0) is 14.6. The van der Waals surface area contributed by atoms with Crippen LogP contribution in [0, 0.1) is 0 Å². The summed E-state index contributed by atoms with van der Waals surface area (Å²) in [6, 6.07) is 0. The summed E-state index contributed by atoms with van der Waals surface area (Å²) in [5.74, 6) is 0. The third-order valence-electron chi connectivity index (χ3n) is 4.21. The van der Waals surface area contributed by atoms with E-state index < -0.39 is 23.4 Å². The first-order valence-electron chi connectivity index (χ1n) is 7.18. The zero-order valence-electron chi connectivity index (χ0n) is 14.2. The number of hydrogen-bond acceptors (Lipinski definition) is 2. The van der Waals surface area contributed by atoms with Gasteiger partial charge in [-0.1, -0.05) is 58.9 Å². The fraction of sp³-hybridized carbons (Fsp3) is 1.00. The van der Waals surface area contributed by atoms with Crippen molar-refractivity contribution in [3.05, 3.63) is 0 Å². The van der Waals surface area contributed by atoms with Gasteiger partial charge in [0.1, 0.15) is 8.24 Å². The second kappa shape index (κ2) is 6.83. The highest BCUT2D eigenvalue weighted by Crippen LogP contribution is 2.17. The fourth-order valence-electron chi connectivity index (χ4n) is 1.23. The first-order chi connectivity index (χ1) is 7.86. The van der Waals surface area contributed by atoms with E-state index in [2.05, 4.69) is 63.5 Å². The predicted octanol–water partition coefficient (Wildman–Crippen LogP) is 3.89. The van der Waals surface area contributed by atoms with E-state index in [0.29, 0.717) is 0 Å². The van der Waals surface area contributed by atoms with Crippen molar-refractivity contribution in [3.8, 4) is 0 Å². The molecular weight excluding hydrogens is 270 g/mol. The highest BCUT2D eigenvalue weighted by atomic mass is 29.3. The van der Waals surface area contributed by atoms with Crippen molar-refractivity contribution in [3.63, 3.8) is 0 Å². The molecule has 0 N–H and O–H groups in total. The monoisotopic (exact) mass is 305 g/mol. The van der Waals surface area contributed by atoms with Gasteiger partial charge in [-0.2, -0.15) is 0 Å². The van der Waals surface area contributed by atoms with E-state index in [1.54, 1.807) is 0 Å². The average Bonchev–Trinajstić information content (AvgIpc) is 2.15. The van der Waals surface area contributed by atoms with Crippen molar-refractivity contribution in [2.75, 3.05) is 26.3 Å². The Morgan fingerprint density at radius 2 is 1.00 bits per heavy atom. The minimum absolute atomic E-state index is 0.720. The SMILES string of the molecule is C[Si](C)(C)N1CCOCC1.C[Si](C)(C)[Si](C)(C)C. The molecule has 0 amide bonds. The molecule has 0 aromatic heterocycles. The van der Waals surface area contributed by atoms with E-state index in [0.717, 1.165) is 26.3 Å². The molecule has 1 aliphatic heterocycles. The third kappa shape index (κ3) is 7.23. The molecule has 0 aliphatic carbocycles. The zero-order valence-corrected chi connectivity index (χ0v) is 17.2. The van der Waals surface area contributed by atoms with Crippen LogP contribution in [0.4, 0.5) is 0 Å². The smallest absolute Gasteiger partial charge is 0.119 e. The van der Waals surface area contributed by atoms with E-state index in [4.69, 9.17) is 4.74 Å². The summed E-state index contributed by atoms with van der Waals surface area (Å²) in [5.41, 5.74) is 0. The van der Waals surface area contributed by atoms with Gasteiger partial charge in [-0.05, 0) is 0 Å². The average molecular weight is 306 g/mol. The van der Waals surface area contributed by atoms with E-state index in [1.165, 1.54) is 0 Å². The highest BCUT2D eigenvalue weighted by molar-refractivity contribution is 7.39. The lowest BCUT2D eigenvalue weighted by atomic mass is 10.5. The number of hydrogen-bond donors (Lipinski definition) is 0. The molecule has 0 radical (unpaired) electrons. The van der Waals surface area contributed by atoms with Crippen LogP contribution in [0.25, 0.3) is 0 Å². The molecule has 0 saturated carbocycles. The van der Waals surface area contributed by atoms with Crippen LogP contribution < -0.4 is 0 Å². The molecule has 2 nitrogen and oxygen atoms in total. The quantitative estimate of drug-likeness (QED) is 0.718. The molecule has 0 aromatic carbocycles. The summed E-state index contributed by atoms with van der Waals surface area (Å²) >= 11 is 0. The van der Waals surface area contributed by atoms with Crippen LogP contribution in [-0.2, 0) is 4.74 Å². The largest absolute Gasteiger partial charge is 0.379 e. The van der Waals surface area contributed by atoms with Crippen molar-refractivity contribution in [2.24, 2.45) is 0 Å². The molecule has 1 fully saturated rings. The van der Waals surface area contributed by atoms with Crippen molar-refractivity contribution in [2.45, 2.75) is 58.9 Å². The Labute approximate surface area is 118 Å². The van der Waals surface area contributed by atoms with E-state index in [-0.39, 0.29) is 0 Å². The highest BCUT2D eigenvalue weighted by Gasteiger charge is 2.31. The van der Waals surface area contributed by atoms with Gasteiger partial charge < -0.3 is 9.30 Å². The van der Waals surface area contributed by atoms with Gasteiger partial charge in [0.05, 0.1) is 13.2 Å². The Balaban J connectivity index is 0.000000331. The normalized spacial score (nSPS) is 19.2. The van der Waals surface area contributed by atoms with Crippen molar-refractivity contribution < 1.29 is 4.74 Å². The molecule has 1 heterocycles. The molecule has 110 valence electrons. The lowest BCUT2D eigenvalue weighted by molar-refractivity contribution is 0.0693. The molecule has 18 heavy (non-hydrogen) atoms. The van der Waals surface area contributed by atoms with E-state index >= 15 is 0 Å². The van der Waals surface area contributed by atoms with Gasteiger partial charge in [0.2, 0.25) is 0 Å². The predicted molar refractivity (Wildman–Crippen MR) is 92.4 cm³/mol. The molecule has 1 aliphatic rings. The summed E-state index contributed by atoms with van der Waals surface area (Å²) in [5, 5.41) is 0. The maximum atomic E-state index is 5.28. The first kappa shape index (κ1) is 18.6. The molecule has 0 spiro atoms. The number of nitrogens with zero attached hydrogens (tertiary/aromatic N) is 1. The summed E-state index contributed by atoms with van der Waals surface area (Å²) < 4.78 is 7.87. The molecule has 0 aromatic rings. The Morgan fingerprint density at radius 3 is 1.17 bits per heavy atom. The molecule has 0 unspecified atom stereocenters. The van der Waals surface area contributed by atoms with Gasteiger partial charge in [-0.15, -0.1) is 0 Å². The second-order valence-electron chi connectivity index (χ2n) is 8.27. The standard InChI is InChI=1S/C7H17NOSi.C6H18Si2/c1-10(2,3)8-4-6-9-7-5-8;1-7(2,3)8(4,5)6/h4-7H2,1-3H3;1-6H3. The van der Waals surface area contributed by atoms with Crippen molar-refractivity contribution in [1.82, 2.24) is 4.57 Å². The van der Waals surface area contributed by atoms with Crippen LogP contribution in [0.1, 0.15) is 0 Å². The van der Waals surface area contributed by atoms with Gasteiger partial charge in [0.15, 0.2) is 0 Å². The molecule has 5 heteroatoms. The van der Waals surface area contributed by atoms with Crippen molar-refractivity contribution >= 4 is 23.4 Å². The van der Waals surface area contributed by atoms with Crippen LogP contribution in [0.15, 0.2) is 0 Å². The Kier molecular flexibility index (Phi) is 7.05. The number of rotatable bonds is 2. The third-order valence-corrected chi connectivity index (χ3v) is 24.6. The van der Waals surface area contributed by atoms with Crippen LogP contribution in [0.2, 0.25) is 58.9 Å². The topological polar surface area (TPSA) is 12.5 Å². The molecule has 1 rings (SSSR count). The van der Waals surface area contributed by atoms with E-state index in [1.807, 2.05) is 0 Å². The van der Waals surface area contributed by atoms with Gasteiger partial charge in [-0.25, -0.2) is 0 Å². The minimum Gasteiger partial charge on any atom is -0.379 e. The van der Waals surface area contributed by atoms with Gasteiger partial charge in [0.25, 0.3) is 0 Å².